The van der Waals surface area contributed by atoms with Gasteiger partial charge in [-0.2, -0.15) is 0 Å². The Morgan fingerprint density at radius 3 is 2.35 bits per heavy atom. The zero-order valence-electron chi connectivity index (χ0n) is 9.81. The van der Waals surface area contributed by atoms with Gasteiger partial charge in [-0.25, -0.2) is 0 Å². The third kappa shape index (κ3) is 1.71. The van der Waals surface area contributed by atoms with E-state index in [4.69, 9.17) is 28.9 Å². The molecule has 0 radical (unpaired) electrons. The molecule has 0 aromatic heterocycles. The highest BCUT2D eigenvalue weighted by atomic mass is 35.5. The average molecular weight is 270 g/mol. The van der Waals surface area contributed by atoms with E-state index in [0.29, 0.717) is 17.0 Å². The van der Waals surface area contributed by atoms with Crippen LogP contribution in [0.25, 0.3) is 0 Å². The molecule has 3 rings (SSSR count). The van der Waals surface area contributed by atoms with Crippen LogP contribution in [-0.4, -0.2) is 6.54 Å². The topological polar surface area (TPSA) is 26.0 Å². The van der Waals surface area contributed by atoms with Crippen molar-refractivity contribution in [2.45, 2.75) is 37.5 Å². The molecule has 2 aliphatic rings. The molecular formula is C14H17Cl2N. The van der Waals surface area contributed by atoms with E-state index in [-0.39, 0.29) is 5.41 Å². The first kappa shape index (κ1) is 11.8. The highest BCUT2D eigenvalue weighted by Crippen LogP contribution is 2.65. The summed E-state index contributed by atoms with van der Waals surface area (Å²) in [5, 5.41) is 1.47. The number of rotatable bonds is 2. The summed E-state index contributed by atoms with van der Waals surface area (Å²) in [5.74, 6) is 0. The quantitative estimate of drug-likeness (QED) is 0.858. The van der Waals surface area contributed by atoms with Crippen molar-refractivity contribution < 1.29 is 0 Å². The minimum Gasteiger partial charge on any atom is -0.330 e. The predicted molar refractivity (Wildman–Crippen MR) is 72.7 cm³/mol. The van der Waals surface area contributed by atoms with Crippen LogP contribution in [0.5, 0.6) is 0 Å². The van der Waals surface area contributed by atoms with Crippen LogP contribution in [0.2, 0.25) is 10.0 Å². The minimum atomic E-state index is 0.113. The van der Waals surface area contributed by atoms with Gasteiger partial charge < -0.3 is 5.73 Å². The fraction of sp³-hybridized carbons (Fsp3) is 0.571. The van der Waals surface area contributed by atoms with Crippen LogP contribution in [0.4, 0.5) is 0 Å². The normalized spacial score (nSPS) is 24.2. The summed E-state index contributed by atoms with van der Waals surface area (Å²) < 4.78 is 0. The number of benzene rings is 1. The first-order valence-corrected chi connectivity index (χ1v) is 7.01. The van der Waals surface area contributed by atoms with Crippen molar-refractivity contribution in [1.82, 2.24) is 0 Å². The van der Waals surface area contributed by atoms with Gasteiger partial charge in [0, 0.05) is 22.0 Å². The Hall–Kier alpha value is -0.240. The van der Waals surface area contributed by atoms with Gasteiger partial charge in [-0.3, -0.25) is 0 Å². The fourth-order valence-electron chi connectivity index (χ4n) is 3.78. The van der Waals surface area contributed by atoms with Gasteiger partial charge in [0.05, 0.1) is 0 Å². The molecule has 0 atom stereocenters. The monoisotopic (exact) mass is 269 g/mol. The number of hydrogen-bond donors (Lipinski definition) is 1. The van der Waals surface area contributed by atoms with Crippen LogP contribution in [0.15, 0.2) is 18.2 Å². The highest BCUT2D eigenvalue weighted by molar-refractivity contribution is 6.35. The summed E-state index contributed by atoms with van der Waals surface area (Å²) in [7, 11) is 0. The molecule has 2 N–H and O–H groups in total. The van der Waals surface area contributed by atoms with Gasteiger partial charge in [-0.05, 0) is 48.8 Å². The Labute approximate surface area is 112 Å². The van der Waals surface area contributed by atoms with E-state index in [2.05, 4.69) is 6.07 Å². The Morgan fingerprint density at radius 1 is 1.18 bits per heavy atom. The lowest BCUT2D eigenvalue weighted by Crippen LogP contribution is -2.56. The zero-order valence-corrected chi connectivity index (χ0v) is 11.3. The lowest BCUT2D eigenvalue weighted by Gasteiger charge is -2.61. The molecule has 1 aromatic carbocycles. The van der Waals surface area contributed by atoms with Crippen molar-refractivity contribution in [3.8, 4) is 0 Å². The molecule has 0 heterocycles. The van der Waals surface area contributed by atoms with Gasteiger partial charge >= 0.3 is 0 Å². The second kappa shape index (κ2) is 3.88. The van der Waals surface area contributed by atoms with Gasteiger partial charge in [-0.15, -0.1) is 0 Å². The molecule has 1 nitrogen and oxygen atoms in total. The fourth-order valence-corrected chi connectivity index (χ4v) is 4.39. The number of halogens is 2. The first-order chi connectivity index (χ1) is 8.09. The molecule has 0 unspecified atom stereocenters. The van der Waals surface area contributed by atoms with Crippen LogP contribution >= 0.6 is 23.2 Å². The molecule has 2 fully saturated rings. The van der Waals surface area contributed by atoms with Crippen LogP contribution < -0.4 is 5.73 Å². The van der Waals surface area contributed by atoms with Crippen LogP contribution in [0.3, 0.4) is 0 Å². The predicted octanol–water partition coefficient (Wildman–Crippen LogP) is 4.15. The second-order valence-corrected chi connectivity index (χ2v) is 6.66. The smallest absolute Gasteiger partial charge is 0.0458 e. The number of nitrogens with two attached hydrogens (primary N) is 1. The molecule has 17 heavy (non-hydrogen) atoms. The summed E-state index contributed by atoms with van der Waals surface area (Å²) >= 11 is 12.3. The molecule has 1 aromatic rings. The lowest BCUT2D eigenvalue weighted by molar-refractivity contribution is -0.0446. The van der Waals surface area contributed by atoms with Gasteiger partial charge in [0.1, 0.15) is 0 Å². The molecular weight excluding hydrogens is 253 g/mol. The van der Waals surface area contributed by atoms with E-state index < -0.39 is 0 Å². The summed E-state index contributed by atoms with van der Waals surface area (Å²) in [6.45, 7) is 0.691. The minimum absolute atomic E-state index is 0.113. The third-order valence-electron chi connectivity index (χ3n) is 4.73. The van der Waals surface area contributed by atoms with Gasteiger partial charge in [-0.1, -0.05) is 35.7 Å². The second-order valence-electron chi connectivity index (χ2n) is 5.82. The molecule has 2 aliphatic carbocycles. The van der Waals surface area contributed by atoms with Crippen LogP contribution in [-0.2, 0) is 5.41 Å². The Morgan fingerprint density at radius 2 is 1.88 bits per heavy atom. The Bertz CT molecular complexity index is 444. The number of hydrogen-bond acceptors (Lipinski definition) is 1. The average Bonchev–Trinajstić information content (AvgIpc) is 2.17. The molecule has 2 saturated carbocycles. The summed E-state index contributed by atoms with van der Waals surface area (Å²) in [6.07, 6.45) is 6.55. The molecule has 0 aliphatic heterocycles. The lowest BCUT2D eigenvalue weighted by atomic mass is 9.44. The third-order valence-corrected chi connectivity index (χ3v) is 5.28. The maximum atomic E-state index is 6.32. The maximum Gasteiger partial charge on any atom is 0.0458 e. The van der Waals surface area contributed by atoms with Gasteiger partial charge in [0.25, 0.3) is 0 Å². The molecule has 0 saturated heterocycles. The highest BCUT2D eigenvalue weighted by Gasteiger charge is 2.57. The largest absolute Gasteiger partial charge is 0.330 e. The zero-order chi connectivity index (χ0) is 12.1. The first-order valence-electron chi connectivity index (χ1n) is 6.25. The van der Waals surface area contributed by atoms with E-state index in [0.717, 1.165) is 5.02 Å². The van der Waals surface area contributed by atoms with E-state index in [1.54, 1.807) is 0 Å². The Balaban J connectivity index is 1.91. The van der Waals surface area contributed by atoms with Crippen LogP contribution in [0.1, 0.15) is 37.7 Å². The van der Waals surface area contributed by atoms with Crippen molar-refractivity contribution in [2.24, 2.45) is 11.1 Å². The molecule has 92 valence electrons. The SMILES string of the molecule is NCC1(c2ccc(Cl)cc2Cl)CC2(CCC2)C1. The van der Waals surface area contributed by atoms with Crippen molar-refractivity contribution in [3.63, 3.8) is 0 Å². The molecule has 0 amide bonds. The Kier molecular flexibility index (Phi) is 2.70. The van der Waals surface area contributed by atoms with Crippen molar-refractivity contribution in [2.75, 3.05) is 6.54 Å². The maximum absolute atomic E-state index is 6.32. The standard InChI is InChI=1S/C14H17Cl2N/c15-10-2-3-11(12(16)6-10)14(9-17)7-13(8-14)4-1-5-13/h2-3,6H,1,4-5,7-9,17H2. The van der Waals surface area contributed by atoms with Crippen molar-refractivity contribution in [3.05, 3.63) is 33.8 Å². The van der Waals surface area contributed by atoms with Crippen molar-refractivity contribution in [1.29, 1.82) is 0 Å². The summed E-state index contributed by atoms with van der Waals surface area (Å²) in [5.41, 5.74) is 7.93. The van der Waals surface area contributed by atoms with Crippen LogP contribution in [0, 0.1) is 5.41 Å². The van der Waals surface area contributed by atoms with Crippen molar-refractivity contribution >= 4 is 23.2 Å². The van der Waals surface area contributed by atoms with E-state index in [1.165, 1.54) is 37.7 Å². The molecule has 3 heteroatoms. The van der Waals surface area contributed by atoms with E-state index >= 15 is 0 Å². The van der Waals surface area contributed by atoms with E-state index in [9.17, 15) is 0 Å². The van der Waals surface area contributed by atoms with Gasteiger partial charge in [0.2, 0.25) is 0 Å². The molecule has 0 bridgehead atoms. The van der Waals surface area contributed by atoms with E-state index in [1.807, 2.05) is 12.1 Å². The molecule has 1 spiro atoms. The summed E-state index contributed by atoms with van der Waals surface area (Å²) in [6, 6.07) is 5.82. The van der Waals surface area contributed by atoms with Gasteiger partial charge in [0.15, 0.2) is 0 Å². The summed E-state index contributed by atoms with van der Waals surface area (Å²) in [4.78, 5) is 0.